The molecule has 11 nitrogen and oxygen atoms in total. The van der Waals surface area contributed by atoms with E-state index in [4.69, 9.17) is 19.5 Å². The first-order valence-electron chi connectivity index (χ1n) is 14.8. The maximum absolute atomic E-state index is 15.6. The van der Waals surface area contributed by atoms with Crippen LogP contribution in [-0.4, -0.2) is 65.0 Å². The second kappa shape index (κ2) is 15.3. The number of fused-ring (bicyclic) bond motifs is 1. The number of carboxylic acids is 1. The highest BCUT2D eigenvalue weighted by atomic mass is 19.1. The molecular formula is C35H31F2N5O6. The predicted octanol–water partition coefficient (Wildman–Crippen LogP) is 4.89. The third-order valence-electron chi connectivity index (χ3n) is 7.58. The molecule has 48 heavy (non-hydrogen) atoms. The molecule has 5 rings (SSSR count). The lowest BCUT2D eigenvalue weighted by molar-refractivity contribution is -0.131. The first-order valence-corrected chi connectivity index (χ1v) is 14.8. The van der Waals surface area contributed by atoms with Gasteiger partial charge in [0.1, 0.15) is 24.1 Å². The molecular weight excluding hydrogens is 624 g/mol. The van der Waals surface area contributed by atoms with Gasteiger partial charge >= 0.3 is 5.97 Å². The fourth-order valence-electron chi connectivity index (χ4n) is 5.03. The molecule has 2 aromatic heterocycles. The Morgan fingerprint density at radius 3 is 2.50 bits per heavy atom. The third-order valence-corrected chi connectivity index (χ3v) is 7.58. The quantitative estimate of drug-likeness (QED) is 0.160. The number of aromatic carboxylic acids is 1. The van der Waals surface area contributed by atoms with Gasteiger partial charge in [0.2, 0.25) is 5.88 Å². The summed E-state index contributed by atoms with van der Waals surface area (Å²) in [6.45, 7) is 0.457. The summed E-state index contributed by atoms with van der Waals surface area (Å²) in [5, 5.41) is 21.3. The lowest BCUT2D eigenvalue weighted by atomic mass is 10.1. The van der Waals surface area contributed by atoms with E-state index in [1.54, 1.807) is 41.0 Å². The van der Waals surface area contributed by atoms with Gasteiger partial charge in [-0.25, -0.2) is 23.5 Å². The van der Waals surface area contributed by atoms with Crippen molar-refractivity contribution < 1.29 is 37.7 Å². The van der Waals surface area contributed by atoms with E-state index in [0.29, 0.717) is 40.3 Å². The van der Waals surface area contributed by atoms with E-state index >= 15 is 4.39 Å². The van der Waals surface area contributed by atoms with Crippen LogP contribution in [0.1, 0.15) is 32.9 Å². The number of methoxy groups -OCH3 is 2. The number of rotatable bonds is 14. The van der Waals surface area contributed by atoms with Crippen molar-refractivity contribution >= 4 is 22.9 Å². The van der Waals surface area contributed by atoms with Gasteiger partial charge in [-0.2, -0.15) is 5.26 Å². The molecule has 246 valence electrons. The summed E-state index contributed by atoms with van der Waals surface area (Å²) < 4.78 is 47.7. The van der Waals surface area contributed by atoms with Crippen molar-refractivity contribution in [3.63, 3.8) is 0 Å². The highest BCUT2D eigenvalue weighted by Gasteiger charge is 2.23. The molecule has 0 radical (unpaired) electrons. The monoisotopic (exact) mass is 655 g/mol. The van der Waals surface area contributed by atoms with Gasteiger partial charge in [-0.1, -0.05) is 24.3 Å². The summed E-state index contributed by atoms with van der Waals surface area (Å²) in [7, 11) is 2.90. The van der Waals surface area contributed by atoms with Gasteiger partial charge in [0.25, 0.3) is 5.91 Å². The fourth-order valence-corrected chi connectivity index (χ4v) is 5.03. The number of ether oxygens (including phenoxy) is 3. The highest BCUT2D eigenvalue weighted by Crippen LogP contribution is 2.26. The van der Waals surface area contributed by atoms with E-state index in [0.717, 1.165) is 6.07 Å². The number of nitrogens with one attached hydrogen (secondary N) is 1. The molecule has 0 fully saturated rings. The third kappa shape index (κ3) is 7.80. The highest BCUT2D eigenvalue weighted by molar-refractivity contribution is 5.92. The number of imidazole rings is 1. The molecule has 2 N–H and O–H groups in total. The Bertz CT molecular complexity index is 2010. The van der Waals surface area contributed by atoms with Crippen molar-refractivity contribution in [2.45, 2.75) is 25.7 Å². The van der Waals surface area contributed by atoms with Gasteiger partial charge < -0.3 is 29.2 Å². The van der Waals surface area contributed by atoms with Gasteiger partial charge in [-0.15, -0.1) is 0 Å². The van der Waals surface area contributed by atoms with Gasteiger partial charge in [-0.05, 0) is 48.0 Å². The van der Waals surface area contributed by atoms with Crippen molar-refractivity contribution in [3.05, 3.63) is 113 Å². The van der Waals surface area contributed by atoms with Crippen LogP contribution < -0.4 is 10.1 Å². The summed E-state index contributed by atoms with van der Waals surface area (Å²) in [6.07, 6.45) is -0.926. The summed E-state index contributed by atoms with van der Waals surface area (Å²) in [5.41, 5.74) is 2.62. The lowest BCUT2D eigenvalue weighted by Gasteiger charge is -2.18. The van der Waals surface area contributed by atoms with Crippen LogP contribution in [-0.2, 0) is 33.8 Å². The van der Waals surface area contributed by atoms with E-state index in [2.05, 4.69) is 15.3 Å². The standard InChI is InChI=1S/C35H31F2N5O6/c1-46-13-12-39-34(43)31(47-2)19-42-30-16-24(35(44)45)10-11-29(30)40-32(42)17-22-8-9-23(15-27(22)37)28-4-3-5-33(41-28)48-20-25-7-6-21(18-38)14-26(25)36/h3-11,14-16,31H,12-13,17,19-20H2,1-2H3,(H,39,43)(H,44,45)/t31-/m1/s1. The molecule has 13 heteroatoms. The number of nitriles is 1. The van der Waals surface area contributed by atoms with E-state index in [-0.39, 0.29) is 48.7 Å². The predicted molar refractivity (Wildman–Crippen MR) is 170 cm³/mol. The Morgan fingerprint density at radius 1 is 1.00 bits per heavy atom. The molecule has 0 bridgehead atoms. The Kier molecular flexibility index (Phi) is 10.7. The first-order chi connectivity index (χ1) is 23.2. The number of carbonyl (C=O) groups excluding carboxylic acids is 1. The fraction of sp³-hybridized carbons (Fsp3) is 0.229. The van der Waals surface area contributed by atoms with Crippen molar-refractivity contribution in [1.29, 1.82) is 5.26 Å². The lowest BCUT2D eigenvalue weighted by Crippen LogP contribution is -2.40. The molecule has 0 unspecified atom stereocenters. The van der Waals surface area contributed by atoms with Crippen LogP contribution in [0.4, 0.5) is 8.78 Å². The number of amides is 1. The van der Waals surface area contributed by atoms with Crippen molar-refractivity contribution in [1.82, 2.24) is 19.9 Å². The Balaban J connectivity index is 1.39. The maximum atomic E-state index is 15.6. The zero-order valence-electron chi connectivity index (χ0n) is 26.1. The number of pyridine rings is 1. The summed E-state index contributed by atoms with van der Waals surface area (Å²) in [6, 6.07) is 20.0. The second-order valence-corrected chi connectivity index (χ2v) is 10.7. The number of halogens is 2. The van der Waals surface area contributed by atoms with E-state index in [1.165, 1.54) is 44.6 Å². The van der Waals surface area contributed by atoms with Crippen LogP contribution in [0.3, 0.4) is 0 Å². The molecule has 0 aliphatic rings. The van der Waals surface area contributed by atoms with Crippen LogP contribution in [0.15, 0.2) is 72.8 Å². The minimum Gasteiger partial charge on any atom is -0.478 e. The SMILES string of the molecule is COCCNC(=O)[C@@H](Cn1c(Cc2ccc(-c3cccc(OCc4ccc(C#N)cc4F)n3)cc2F)nc2ccc(C(=O)O)cc21)OC. The number of aromatic nitrogens is 3. The van der Waals surface area contributed by atoms with E-state index in [1.807, 2.05) is 6.07 Å². The second-order valence-electron chi connectivity index (χ2n) is 10.7. The maximum Gasteiger partial charge on any atom is 0.335 e. The Labute approximate surface area is 274 Å². The van der Waals surface area contributed by atoms with Gasteiger partial charge in [0, 0.05) is 44.4 Å². The zero-order chi connectivity index (χ0) is 34.2. The number of carboxylic acid groups (broad SMARTS) is 1. The van der Waals surface area contributed by atoms with Crippen LogP contribution in [0.5, 0.6) is 5.88 Å². The van der Waals surface area contributed by atoms with Crippen molar-refractivity contribution in [2.24, 2.45) is 0 Å². The topological polar surface area (TPSA) is 149 Å². The number of hydrogen-bond donors (Lipinski definition) is 2. The molecule has 2 heterocycles. The average Bonchev–Trinajstić information content (AvgIpc) is 3.43. The first kappa shape index (κ1) is 33.6. The molecule has 3 aromatic carbocycles. The molecule has 1 amide bonds. The molecule has 0 aliphatic carbocycles. The molecule has 5 aromatic rings. The van der Waals surface area contributed by atoms with Crippen molar-refractivity contribution in [2.75, 3.05) is 27.4 Å². The summed E-state index contributed by atoms with van der Waals surface area (Å²) in [4.78, 5) is 33.6. The largest absolute Gasteiger partial charge is 0.478 e. The minimum absolute atomic E-state index is 0.00694. The number of hydrogen-bond acceptors (Lipinski definition) is 8. The number of carbonyl (C=O) groups is 2. The van der Waals surface area contributed by atoms with Crippen LogP contribution >= 0.6 is 0 Å². The van der Waals surface area contributed by atoms with Crippen LogP contribution in [0, 0.1) is 23.0 Å². The summed E-state index contributed by atoms with van der Waals surface area (Å²) >= 11 is 0. The molecule has 0 aliphatic heterocycles. The van der Waals surface area contributed by atoms with Crippen LogP contribution in [0.25, 0.3) is 22.3 Å². The average molecular weight is 656 g/mol. The molecule has 0 spiro atoms. The van der Waals surface area contributed by atoms with Crippen LogP contribution in [0.2, 0.25) is 0 Å². The van der Waals surface area contributed by atoms with Gasteiger partial charge in [0.05, 0.1) is 47.1 Å². The molecule has 1 atom stereocenters. The zero-order valence-corrected chi connectivity index (χ0v) is 26.1. The minimum atomic E-state index is -1.13. The van der Waals surface area contributed by atoms with E-state index < -0.39 is 29.6 Å². The smallest absolute Gasteiger partial charge is 0.335 e. The normalized spacial score (nSPS) is 11.6. The number of nitrogens with zero attached hydrogens (tertiary/aromatic N) is 4. The van der Waals surface area contributed by atoms with Gasteiger partial charge in [-0.3, -0.25) is 4.79 Å². The summed E-state index contributed by atoms with van der Waals surface area (Å²) in [5.74, 6) is -2.03. The molecule has 0 saturated carbocycles. The Hall–Kier alpha value is -5.71. The van der Waals surface area contributed by atoms with Gasteiger partial charge in [0.15, 0.2) is 6.10 Å². The van der Waals surface area contributed by atoms with E-state index in [9.17, 15) is 19.1 Å². The van der Waals surface area contributed by atoms with Crippen molar-refractivity contribution in [3.8, 4) is 23.2 Å². The Morgan fingerprint density at radius 2 is 1.79 bits per heavy atom. The molecule has 0 saturated heterocycles. The number of benzene rings is 3.